The molecule has 2 heteroatoms. The van der Waals surface area contributed by atoms with Crippen LogP contribution in [0.1, 0.15) is 76.1 Å². The zero-order chi connectivity index (χ0) is 18.1. The number of nitrogens with zero attached hydrogens (tertiary/aromatic N) is 2. The number of hydrogen-bond acceptors (Lipinski definition) is 1. The van der Waals surface area contributed by atoms with E-state index in [1.807, 2.05) is 13.3 Å². The Bertz CT molecular complexity index is 621. The summed E-state index contributed by atoms with van der Waals surface area (Å²) >= 11 is 0. The molecule has 0 amide bonds. The van der Waals surface area contributed by atoms with Crippen molar-refractivity contribution in [2.75, 3.05) is 0 Å². The van der Waals surface area contributed by atoms with Gasteiger partial charge in [0.25, 0.3) is 0 Å². The van der Waals surface area contributed by atoms with Gasteiger partial charge in [0.05, 0.1) is 18.1 Å². The highest BCUT2D eigenvalue weighted by Crippen LogP contribution is 2.30. The SMILES string of the molecule is C=C(CCCC(CCC)CCC)C(c1ccccc1)n1cnc(C)c1. The molecule has 2 nitrogen and oxygen atoms in total. The van der Waals surface area contributed by atoms with Gasteiger partial charge in [-0.2, -0.15) is 0 Å². The molecule has 0 spiro atoms. The van der Waals surface area contributed by atoms with Crippen molar-refractivity contribution >= 4 is 0 Å². The van der Waals surface area contributed by atoms with Crippen molar-refractivity contribution in [1.29, 1.82) is 0 Å². The lowest BCUT2D eigenvalue weighted by molar-refractivity contribution is 0.397. The molecular weight excluding hydrogens is 304 g/mol. The van der Waals surface area contributed by atoms with Crippen molar-refractivity contribution in [1.82, 2.24) is 9.55 Å². The quantitative estimate of drug-likeness (QED) is 0.416. The molecule has 1 aromatic carbocycles. The van der Waals surface area contributed by atoms with E-state index in [1.54, 1.807) is 0 Å². The molecular formula is C23H34N2. The third kappa shape index (κ3) is 5.88. The van der Waals surface area contributed by atoms with Gasteiger partial charge in [0, 0.05) is 6.20 Å². The molecule has 2 rings (SSSR count). The second-order valence-electron chi connectivity index (χ2n) is 7.27. The van der Waals surface area contributed by atoms with Crippen LogP contribution in [0.4, 0.5) is 0 Å². The minimum absolute atomic E-state index is 0.193. The standard InChI is InChI=1S/C23H34N2/c1-5-11-21(12-6-2)14-10-13-19(3)23(22-15-8-7-9-16-22)25-17-20(4)24-18-25/h7-9,15-18,21,23H,3,5-6,10-14H2,1-2,4H3. The van der Waals surface area contributed by atoms with E-state index in [2.05, 4.69) is 66.5 Å². The summed E-state index contributed by atoms with van der Waals surface area (Å²) in [7, 11) is 0. The van der Waals surface area contributed by atoms with Crippen LogP contribution in [0.25, 0.3) is 0 Å². The van der Waals surface area contributed by atoms with E-state index in [0.29, 0.717) is 0 Å². The first-order valence-corrected chi connectivity index (χ1v) is 9.88. The van der Waals surface area contributed by atoms with Crippen molar-refractivity contribution in [2.24, 2.45) is 5.92 Å². The summed E-state index contributed by atoms with van der Waals surface area (Å²) in [5.41, 5.74) is 3.64. The van der Waals surface area contributed by atoms with Gasteiger partial charge in [-0.25, -0.2) is 4.98 Å². The Morgan fingerprint density at radius 3 is 2.32 bits per heavy atom. The predicted molar refractivity (Wildman–Crippen MR) is 108 cm³/mol. The lowest BCUT2D eigenvalue weighted by Gasteiger charge is -2.23. The van der Waals surface area contributed by atoms with E-state index < -0.39 is 0 Å². The van der Waals surface area contributed by atoms with Gasteiger partial charge in [-0.05, 0) is 31.2 Å². The molecule has 0 fully saturated rings. The van der Waals surface area contributed by atoms with Gasteiger partial charge < -0.3 is 4.57 Å². The molecule has 136 valence electrons. The molecule has 25 heavy (non-hydrogen) atoms. The van der Waals surface area contributed by atoms with Crippen LogP contribution in [-0.2, 0) is 0 Å². The summed E-state index contributed by atoms with van der Waals surface area (Å²) in [6.45, 7) is 11.1. The molecule has 1 unspecified atom stereocenters. The highest BCUT2D eigenvalue weighted by atomic mass is 15.1. The number of aromatic nitrogens is 2. The fraction of sp³-hybridized carbons (Fsp3) is 0.522. The van der Waals surface area contributed by atoms with Gasteiger partial charge in [0.2, 0.25) is 0 Å². The molecule has 1 heterocycles. The smallest absolute Gasteiger partial charge is 0.0957 e. The zero-order valence-corrected chi connectivity index (χ0v) is 16.2. The van der Waals surface area contributed by atoms with Crippen LogP contribution in [0.15, 0.2) is 55.0 Å². The minimum atomic E-state index is 0.193. The Labute approximate surface area is 154 Å². The zero-order valence-electron chi connectivity index (χ0n) is 16.2. The molecule has 0 aliphatic carbocycles. The van der Waals surface area contributed by atoms with Crippen LogP contribution < -0.4 is 0 Å². The molecule has 0 bridgehead atoms. The molecule has 0 aliphatic rings. The topological polar surface area (TPSA) is 17.8 Å². The number of rotatable bonds is 11. The molecule has 0 saturated carbocycles. The Morgan fingerprint density at radius 1 is 1.08 bits per heavy atom. The Balaban J connectivity index is 2.03. The maximum atomic E-state index is 4.46. The van der Waals surface area contributed by atoms with Gasteiger partial charge in [0.15, 0.2) is 0 Å². The first-order valence-electron chi connectivity index (χ1n) is 9.88. The van der Waals surface area contributed by atoms with Crippen LogP contribution in [0, 0.1) is 12.8 Å². The molecule has 0 aliphatic heterocycles. The van der Waals surface area contributed by atoms with Crippen molar-refractivity contribution in [3.05, 3.63) is 66.3 Å². The van der Waals surface area contributed by atoms with Crippen LogP contribution in [0.3, 0.4) is 0 Å². The third-order valence-corrected chi connectivity index (χ3v) is 5.03. The summed E-state index contributed by atoms with van der Waals surface area (Å²) in [4.78, 5) is 4.42. The van der Waals surface area contributed by atoms with E-state index in [0.717, 1.165) is 18.0 Å². The van der Waals surface area contributed by atoms with Crippen molar-refractivity contribution in [3.63, 3.8) is 0 Å². The number of allylic oxidation sites excluding steroid dienone is 1. The van der Waals surface area contributed by atoms with Crippen LogP contribution >= 0.6 is 0 Å². The first kappa shape index (κ1) is 19.5. The molecule has 1 atom stereocenters. The fourth-order valence-electron chi connectivity index (χ4n) is 3.84. The van der Waals surface area contributed by atoms with Crippen molar-refractivity contribution in [3.8, 4) is 0 Å². The average Bonchev–Trinajstić information content (AvgIpc) is 3.02. The summed E-state index contributed by atoms with van der Waals surface area (Å²) in [6, 6.07) is 10.9. The van der Waals surface area contributed by atoms with E-state index in [9.17, 15) is 0 Å². The van der Waals surface area contributed by atoms with E-state index in [4.69, 9.17) is 0 Å². The summed E-state index contributed by atoms with van der Waals surface area (Å²) < 4.78 is 2.21. The average molecular weight is 339 g/mol. The van der Waals surface area contributed by atoms with Gasteiger partial charge in [-0.1, -0.05) is 88.4 Å². The first-order chi connectivity index (χ1) is 12.2. The number of benzene rings is 1. The molecule has 0 saturated heterocycles. The van der Waals surface area contributed by atoms with Crippen LogP contribution in [0.2, 0.25) is 0 Å². The number of hydrogen-bond donors (Lipinski definition) is 0. The van der Waals surface area contributed by atoms with Crippen molar-refractivity contribution < 1.29 is 0 Å². The monoisotopic (exact) mass is 338 g/mol. The van der Waals surface area contributed by atoms with Gasteiger partial charge in [-0.3, -0.25) is 0 Å². The van der Waals surface area contributed by atoms with Gasteiger partial charge >= 0.3 is 0 Å². The Hall–Kier alpha value is -1.83. The third-order valence-electron chi connectivity index (χ3n) is 5.03. The number of aryl methyl sites for hydroxylation is 1. The van der Waals surface area contributed by atoms with Crippen LogP contribution in [0.5, 0.6) is 0 Å². The summed E-state index contributed by atoms with van der Waals surface area (Å²) in [5.74, 6) is 0.883. The molecule has 2 aromatic rings. The van der Waals surface area contributed by atoms with Gasteiger partial charge in [0.1, 0.15) is 0 Å². The lowest BCUT2D eigenvalue weighted by atomic mass is 9.90. The largest absolute Gasteiger partial charge is 0.326 e. The maximum absolute atomic E-state index is 4.46. The Morgan fingerprint density at radius 2 is 1.76 bits per heavy atom. The summed E-state index contributed by atoms with van der Waals surface area (Å²) in [5, 5.41) is 0. The summed E-state index contributed by atoms with van der Waals surface area (Å²) in [6.07, 6.45) is 13.0. The minimum Gasteiger partial charge on any atom is -0.326 e. The second kappa shape index (κ2) is 10.2. The number of imidazole rings is 1. The molecule has 0 N–H and O–H groups in total. The van der Waals surface area contributed by atoms with Gasteiger partial charge in [-0.15, -0.1) is 0 Å². The second-order valence-corrected chi connectivity index (χ2v) is 7.27. The molecule has 1 aromatic heterocycles. The lowest BCUT2D eigenvalue weighted by Crippen LogP contribution is -2.12. The van der Waals surface area contributed by atoms with E-state index in [1.165, 1.54) is 49.7 Å². The Kier molecular flexibility index (Phi) is 7.97. The predicted octanol–water partition coefficient (Wildman–Crippen LogP) is 6.72. The van der Waals surface area contributed by atoms with Crippen LogP contribution in [-0.4, -0.2) is 9.55 Å². The highest BCUT2D eigenvalue weighted by Gasteiger charge is 2.17. The molecule has 0 radical (unpaired) electrons. The normalized spacial score (nSPS) is 12.5. The maximum Gasteiger partial charge on any atom is 0.0957 e. The highest BCUT2D eigenvalue weighted by molar-refractivity contribution is 5.28. The van der Waals surface area contributed by atoms with E-state index in [-0.39, 0.29) is 6.04 Å². The fourth-order valence-corrected chi connectivity index (χ4v) is 3.84. The van der Waals surface area contributed by atoms with E-state index >= 15 is 0 Å². The van der Waals surface area contributed by atoms with Crippen molar-refractivity contribution in [2.45, 2.75) is 71.8 Å².